The topological polar surface area (TPSA) is 52.5 Å². The van der Waals surface area contributed by atoms with Gasteiger partial charge >= 0.3 is 0 Å². The molecule has 130 valence electrons. The lowest BCUT2D eigenvalue weighted by Gasteiger charge is -2.06. The fourth-order valence-electron chi connectivity index (χ4n) is 3.79. The summed E-state index contributed by atoms with van der Waals surface area (Å²) in [5.74, 6) is 0. The van der Waals surface area contributed by atoms with E-state index < -0.39 is 0 Å². The Hall–Kier alpha value is -3.34. The molecule has 0 fully saturated rings. The molecule has 2 aromatic carbocycles. The average Bonchev–Trinajstić information content (AvgIpc) is 3.14. The number of fused-ring (bicyclic) bond motifs is 2. The molecule has 0 saturated carbocycles. The molecule has 3 nitrogen and oxygen atoms in total. The Kier molecular flexibility index (Phi) is 4.07. The van der Waals surface area contributed by atoms with E-state index in [-0.39, 0.29) is 0 Å². The fourth-order valence-corrected chi connectivity index (χ4v) is 4.86. The summed E-state index contributed by atoms with van der Waals surface area (Å²) in [5, 5.41) is 22.2. The maximum absolute atomic E-state index is 10.1. The predicted molar refractivity (Wildman–Crippen MR) is 112 cm³/mol. The van der Waals surface area contributed by atoms with Crippen molar-refractivity contribution in [3.05, 3.63) is 70.2 Å². The van der Waals surface area contributed by atoms with Crippen LogP contribution in [0.5, 0.6) is 0 Å². The van der Waals surface area contributed by atoms with Gasteiger partial charge in [-0.1, -0.05) is 36.4 Å². The molecule has 0 saturated heterocycles. The number of nitriles is 2. The second-order valence-electron chi connectivity index (χ2n) is 6.54. The van der Waals surface area contributed by atoms with Crippen LogP contribution in [0.3, 0.4) is 0 Å². The lowest BCUT2D eigenvalue weighted by molar-refractivity contribution is 0.915. The van der Waals surface area contributed by atoms with Crippen LogP contribution in [0, 0.1) is 36.5 Å². The molecule has 2 heterocycles. The van der Waals surface area contributed by atoms with Gasteiger partial charge in [0.25, 0.3) is 0 Å². The molecule has 0 spiro atoms. The average molecular weight is 367 g/mol. The van der Waals surface area contributed by atoms with Crippen LogP contribution in [0.25, 0.3) is 32.1 Å². The third-order valence-electron chi connectivity index (χ3n) is 5.14. The summed E-state index contributed by atoms with van der Waals surface area (Å²) in [5.41, 5.74) is 4.66. The van der Waals surface area contributed by atoms with Gasteiger partial charge in [0.05, 0.1) is 11.1 Å². The van der Waals surface area contributed by atoms with Crippen LogP contribution in [0.2, 0.25) is 0 Å². The van der Waals surface area contributed by atoms with Crippen LogP contribution in [0.4, 0.5) is 0 Å². The highest BCUT2D eigenvalue weighted by molar-refractivity contribution is 7.19. The van der Waals surface area contributed by atoms with Crippen molar-refractivity contribution >= 4 is 43.5 Å². The number of rotatable bonds is 2. The van der Waals surface area contributed by atoms with Crippen LogP contribution in [0.15, 0.2) is 48.5 Å². The summed E-state index contributed by atoms with van der Waals surface area (Å²) < 4.78 is 3.21. The molecular formula is C23H17N3S. The Morgan fingerprint density at radius 2 is 1.44 bits per heavy atom. The van der Waals surface area contributed by atoms with E-state index >= 15 is 0 Å². The molecule has 0 aliphatic rings. The lowest BCUT2D eigenvalue weighted by atomic mass is 9.93. The zero-order chi connectivity index (χ0) is 19.1. The minimum absolute atomic E-state index is 0.443. The number of nitrogens with zero attached hydrogens (tertiary/aromatic N) is 3. The predicted octanol–water partition coefficient (Wildman–Crippen LogP) is 5.97. The first-order valence-corrected chi connectivity index (χ1v) is 9.47. The molecule has 0 amide bonds. The molecule has 0 radical (unpaired) electrons. The first kappa shape index (κ1) is 17.1. The number of allylic oxidation sites excluding steroid dienone is 2. The molecule has 4 aromatic rings. The van der Waals surface area contributed by atoms with E-state index in [9.17, 15) is 10.5 Å². The third-order valence-corrected chi connectivity index (χ3v) is 6.23. The Morgan fingerprint density at radius 1 is 0.852 bits per heavy atom. The number of thiophene rings is 1. The van der Waals surface area contributed by atoms with Crippen molar-refractivity contribution < 1.29 is 0 Å². The molecule has 0 N–H and O–H groups in total. The van der Waals surface area contributed by atoms with E-state index in [0.717, 1.165) is 42.7 Å². The molecule has 4 heteroatoms. The van der Waals surface area contributed by atoms with Gasteiger partial charge in [0.1, 0.15) is 12.1 Å². The summed E-state index contributed by atoms with van der Waals surface area (Å²) >= 11 is 1.66. The largest absolute Gasteiger partial charge is 0.347 e. The van der Waals surface area contributed by atoms with Crippen molar-refractivity contribution in [3.8, 4) is 12.1 Å². The highest BCUT2D eigenvalue weighted by Crippen LogP contribution is 2.40. The summed E-state index contributed by atoms with van der Waals surface area (Å²) in [7, 11) is 1.99. The first-order valence-electron chi connectivity index (χ1n) is 8.65. The van der Waals surface area contributed by atoms with Crippen molar-refractivity contribution in [2.24, 2.45) is 7.05 Å². The van der Waals surface area contributed by atoms with Gasteiger partial charge in [0.2, 0.25) is 0 Å². The Labute approximate surface area is 162 Å². The van der Waals surface area contributed by atoms with Gasteiger partial charge < -0.3 is 4.57 Å². The van der Waals surface area contributed by atoms with Crippen LogP contribution in [0.1, 0.15) is 21.7 Å². The van der Waals surface area contributed by atoms with Crippen molar-refractivity contribution in [3.63, 3.8) is 0 Å². The number of hydrogen-bond donors (Lipinski definition) is 0. The van der Waals surface area contributed by atoms with E-state index in [1.54, 1.807) is 11.3 Å². The van der Waals surface area contributed by atoms with Crippen molar-refractivity contribution in [1.29, 1.82) is 10.5 Å². The molecular weight excluding hydrogens is 350 g/mol. The second-order valence-corrected chi connectivity index (χ2v) is 7.80. The molecule has 4 rings (SSSR count). The van der Waals surface area contributed by atoms with Gasteiger partial charge in [-0.25, -0.2) is 0 Å². The van der Waals surface area contributed by atoms with E-state index in [0.29, 0.717) is 11.1 Å². The van der Waals surface area contributed by atoms with Crippen molar-refractivity contribution in [1.82, 2.24) is 4.57 Å². The standard InChI is InChI=1S/C23H17N3S/c1-14-22(16-8-4-6-10-20(16)26(14)3)18(12-24)19(13-25)23-15(2)27-21-11-7-5-9-17(21)23/h4-11H,1-3H3/b19-18+. The van der Waals surface area contributed by atoms with Gasteiger partial charge in [-0.2, -0.15) is 10.5 Å². The molecule has 0 atom stereocenters. The van der Waals surface area contributed by atoms with Crippen LogP contribution >= 0.6 is 11.3 Å². The van der Waals surface area contributed by atoms with Crippen LogP contribution in [-0.4, -0.2) is 4.57 Å². The number of benzene rings is 2. The van der Waals surface area contributed by atoms with Crippen molar-refractivity contribution in [2.45, 2.75) is 13.8 Å². The quantitative estimate of drug-likeness (QED) is 0.410. The Bertz CT molecular complexity index is 1320. The smallest absolute Gasteiger partial charge is 0.101 e. The van der Waals surface area contributed by atoms with Crippen LogP contribution in [-0.2, 0) is 7.05 Å². The third kappa shape index (κ3) is 2.46. The first-order chi connectivity index (χ1) is 13.1. The zero-order valence-corrected chi connectivity index (χ0v) is 16.2. The minimum Gasteiger partial charge on any atom is -0.347 e. The molecule has 0 aliphatic carbocycles. The summed E-state index contributed by atoms with van der Waals surface area (Å²) in [6.07, 6.45) is 0. The molecule has 2 aromatic heterocycles. The van der Waals surface area contributed by atoms with Gasteiger partial charge in [-0.15, -0.1) is 11.3 Å². The number of hydrogen-bond acceptors (Lipinski definition) is 3. The summed E-state index contributed by atoms with van der Waals surface area (Å²) in [6, 6.07) is 20.8. The normalized spacial score (nSPS) is 12.0. The minimum atomic E-state index is 0.443. The maximum atomic E-state index is 10.1. The highest BCUT2D eigenvalue weighted by Gasteiger charge is 2.22. The maximum Gasteiger partial charge on any atom is 0.101 e. The summed E-state index contributed by atoms with van der Waals surface area (Å²) in [6.45, 7) is 4.02. The number of para-hydroxylation sites is 1. The SMILES string of the molecule is Cc1sc2ccccc2c1/C(C#N)=C(\C#N)c1c(C)n(C)c2ccccc12. The van der Waals surface area contributed by atoms with Gasteiger partial charge in [-0.3, -0.25) is 0 Å². The lowest BCUT2D eigenvalue weighted by Crippen LogP contribution is -1.94. The Morgan fingerprint density at radius 3 is 2.15 bits per heavy atom. The second kappa shape index (κ2) is 6.43. The van der Waals surface area contributed by atoms with E-state index in [2.05, 4.69) is 22.8 Å². The Balaban J connectivity index is 2.14. The van der Waals surface area contributed by atoms with Gasteiger partial charge in [-0.05, 0) is 26.0 Å². The molecule has 27 heavy (non-hydrogen) atoms. The fraction of sp³-hybridized carbons (Fsp3) is 0.130. The molecule has 0 aliphatic heterocycles. The molecule has 0 unspecified atom stereocenters. The molecule has 0 bridgehead atoms. The van der Waals surface area contributed by atoms with Crippen molar-refractivity contribution in [2.75, 3.05) is 0 Å². The monoisotopic (exact) mass is 367 g/mol. The van der Waals surface area contributed by atoms with Gasteiger partial charge in [0, 0.05) is 49.7 Å². The van der Waals surface area contributed by atoms with E-state index in [1.807, 2.05) is 63.4 Å². The number of aromatic nitrogens is 1. The van der Waals surface area contributed by atoms with Gasteiger partial charge in [0.15, 0.2) is 0 Å². The highest BCUT2D eigenvalue weighted by atomic mass is 32.1. The van der Waals surface area contributed by atoms with E-state index in [4.69, 9.17) is 0 Å². The van der Waals surface area contributed by atoms with E-state index in [1.165, 1.54) is 0 Å². The zero-order valence-electron chi connectivity index (χ0n) is 15.4. The van der Waals surface area contributed by atoms with Crippen LogP contribution < -0.4 is 0 Å². The summed E-state index contributed by atoms with van der Waals surface area (Å²) in [4.78, 5) is 1.05. The number of aryl methyl sites for hydroxylation is 2.